The van der Waals surface area contributed by atoms with E-state index in [9.17, 15) is 19.2 Å². The highest BCUT2D eigenvalue weighted by molar-refractivity contribution is 5.79. The van der Waals surface area contributed by atoms with Gasteiger partial charge in [-0.3, -0.25) is 14.5 Å². The van der Waals surface area contributed by atoms with Crippen molar-refractivity contribution >= 4 is 24.1 Å². The molecule has 12 nitrogen and oxygen atoms in total. The van der Waals surface area contributed by atoms with Gasteiger partial charge in [0.15, 0.2) is 0 Å². The number of esters is 2. The molecule has 2 aromatic carbocycles. The number of nitrogens with zero attached hydrogens (tertiary/aromatic N) is 1. The summed E-state index contributed by atoms with van der Waals surface area (Å²) in [5.74, 6) is -0.374. The molecule has 0 radical (unpaired) electrons. The smallest absolute Gasteiger partial charge is 0.407 e. The number of hydrogen-bond acceptors (Lipinski definition) is 10. The quantitative estimate of drug-likeness (QED) is 0.145. The van der Waals surface area contributed by atoms with Crippen molar-refractivity contribution in [1.82, 2.24) is 15.5 Å². The lowest BCUT2D eigenvalue weighted by Gasteiger charge is -2.36. The van der Waals surface area contributed by atoms with Crippen molar-refractivity contribution in [3.05, 3.63) is 71.8 Å². The first kappa shape index (κ1) is 42.3. The monoisotopic (exact) mass is 724 g/mol. The second kappa shape index (κ2) is 19.6. The summed E-state index contributed by atoms with van der Waals surface area (Å²) in [4.78, 5) is 51.6. The summed E-state index contributed by atoms with van der Waals surface area (Å²) < 4.78 is 21.1. The molecular weight excluding hydrogens is 664 g/mol. The molecule has 52 heavy (non-hydrogen) atoms. The van der Waals surface area contributed by atoms with Crippen molar-refractivity contribution in [3.63, 3.8) is 0 Å². The largest absolute Gasteiger partial charge is 0.465 e. The summed E-state index contributed by atoms with van der Waals surface area (Å²) in [7, 11) is 0. The van der Waals surface area contributed by atoms with Crippen molar-refractivity contribution in [2.24, 2.45) is 17.6 Å². The molecule has 2 amide bonds. The summed E-state index contributed by atoms with van der Waals surface area (Å²) in [5, 5.41) is 5.71. The lowest BCUT2D eigenvalue weighted by atomic mass is 9.99. The SMILES string of the molecule is CCOC(=O)[C@@H](N)[C@H](NC(=O)OC(C)(C)C)C1CC1.CCOC(=O)[C@H]([C@H](NC(=O)OC(C)(C)C)C1CC1)N(Cc1ccccc1)Cc1ccccc1. The number of carbonyl (C=O) groups is 4. The van der Waals surface area contributed by atoms with E-state index in [0.29, 0.717) is 13.1 Å². The second-order valence-electron chi connectivity index (χ2n) is 15.4. The van der Waals surface area contributed by atoms with Crippen molar-refractivity contribution in [1.29, 1.82) is 0 Å². The molecule has 0 bridgehead atoms. The Hall–Kier alpha value is -4.16. The molecule has 4 atom stereocenters. The summed E-state index contributed by atoms with van der Waals surface area (Å²) in [6.07, 6.45) is 2.76. The Morgan fingerprint density at radius 2 is 1.06 bits per heavy atom. The van der Waals surface area contributed by atoms with Gasteiger partial charge in [0.25, 0.3) is 0 Å². The average molecular weight is 725 g/mol. The van der Waals surface area contributed by atoms with Gasteiger partial charge in [0.05, 0.1) is 25.3 Å². The topological polar surface area (TPSA) is 159 Å². The van der Waals surface area contributed by atoms with Crippen LogP contribution in [-0.2, 0) is 41.6 Å². The molecule has 2 saturated carbocycles. The number of nitrogens with one attached hydrogen (secondary N) is 2. The molecule has 12 heteroatoms. The number of amides is 2. The van der Waals surface area contributed by atoms with Crippen LogP contribution in [0.25, 0.3) is 0 Å². The summed E-state index contributed by atoms with van der Waals surface area (Å²) >= 11 is 0. The molecule has 2 fully saturated rings. The highest BCUT2D eigenvalue weighted by Crippen LogP contribution is 2.37. The van der Waals surface area contributed by atoms with Gasteiger partial charge in [-0.15, -0.1) is 0 Å². The van der Waals surface area contributed by atoms with Crippen LogP contribution in [0.4, 0.5) is 9.59 Å². The Balaban J connectivity index is 0.000000326. The van der Waals surface area contributed by atoms with Gasteiger partial charge in [0.2, 0.25) is 0 Å². The van der Waals surface area contributed by atoms with Crippen molar-refractivity contribution in [2.45, 2.75) is 130 Å². The fourth-order valence-corrected chi connectivity index (χ4v) is 5.78. The zero-order chi connectivity index (χ0) is 38.5. The molecule has 4 N–H and O–H groups in total. The van der Waals surface area contributed by atoms with Gasteiger partial charge in [-0.05, 0) is 104 Å². The standard InChI is InChI=1S/C27H36N2O4.C13H24N2O4/c1-5-32-25(30)24(23(22-16-17-22)28-26(31)33-27(2,3)4)29(18-20-12-8-6-9-13-20)19-21-14-10-7-11-15-21;1-5-18-11(16)9(14)10(8-6-7-8)15-12(17)19-13(2,3)4/h6-15,22-24H,5,16-19H2,1-4H3,(H,28,31);8-10H,5-7,14H2,1-4H3,(H,15,17)/t23-,24+;9-,10+/m10/s1. The van der Waals surface area contributed by atoms with E-state index in [0.717, 1.165) is 36.8 Å². The van der Waals surface area contributed by atoms with Crippen LogP contribution in [0, 0.1) is 11.8 Å². The third kappa shape index (κ3) is 15.2. The first-order valence-corrected chi connectivity index (χ1v) is 18.4. The van der Waals surface area contributed by atoms with Gasteiger partial charge in [-0.25, -0.2) is 9.59 Å². The van der Waals surface area contributed by atoms with E-state index in [-0.39, 0.29) is 31.0 Å². The molecule has 0 heterocycles. The number of ether oxygens (including phenoxy) is 4. The Labute approximate surface area is 309 Å². The Bertz CT molecular complexity index is 1380. The molecular formula is C40H60N4O8. The van der Waals surface area contributed by atoms with Gasteiger partial charge in [0, 0.05) is 13.1 Å². The molecule has 0 spiro atoms. The summed E-state index contributed by atoms with van der Waals surface area (Å²) in [6, 6.07) is 17.8. The predicted octanol–water partition coefficient (Wildman–Crippen LogP) is 6.10. The highest BCUT2D eigenvalue weighted by atomic mass is 16.6. The van der Waals surface area contributed by atoms with E-state index in [1.807, 2.05) is 81.4 Å². The van der Waals surface area contributed by atoms with E-state index in [2.05, 4.69) is 15.5 Å². The number of alkyl carbamates (subject to hydrolysis) is 2. The van der Waals surface area contributed by atoms with E-state index in [1.165, 1.54) is 0 Å². The molecule has 0 aromatic heterocycles. The fraction of sp³-hybridized carbons (Fsp3) is 0.600. The second-order valence-corrected chi connectivity index (χ2v) is 15.4. The maximum atomic E-state index is 13.3. The molecule has 288 valence electrons. The zero-order valence-corrected chi connectivity index (χ0v) is 32.2. The van der Waals surface area contributed by atoms with E-state index in [4.69, 9.17) is 24.7 Å². The first-order chi connectivity index (χ1) is 24.5. The Morgan fingerprint density at radius 1 is 0.673 bits per heavy atom. The third-order valence-corrected chi connectivity index (χ3v) is 8.29. The predicted molar refractivity (Wildman–Crippen MR) is 199 cm³/mol. The molecule has 2 aliphatic carbocycles. The summed E-state index contributed by atoms with van der Waals surface area (Å²) in [5.41, 5.74) is 6.84. The maximum Gasteiger partial charge on any atom is 0.407 e. The van der Waals surface area contributed by atoms with Crippen molar-refractivity contribution < 1.29 is 38.1 Å². The maximum absolute atomic E-state index is 13.3. The number of benzene rings is 2. The Kier molecular flexibility index (Phi) is 15.9. The molecule has 4 rings (SSSR count). The van der Waals surface area contributed by atoms with E-state index < -0.39 is 53.5 Å². The lowest BCUT2D eigenvalue weighted by Crippen LogP contribution is -2.57. The molecule has 2 aliphatic rings. The van der Waals surface area contributed by atoms with Crippen LogP contribution in [0.1, 0.15) is 92.2 Å². The van der Waals surface area contributed by atoms with Gasteiger partial charge >= 0.3 is 24.1 Å². The Morgan fingerprint density at radius 3 is 1.44 bits per heavy atom. The van der Waals surface area contributed by atoms with E-state index >= 15 is 0 Å². The minimum Gasteiger partial charge on any atom is -0.465 e. The van der Waals surface area contributed by atoms with Crippen LogP contribution in [0.5, 0.6) is 0 Å². The van der Waals surface area contributed by atoms with Gasteiger partial charge in [0.1, 0.15) is 23.3 Å². The van der Waals surface area contributed by atoms with Crippen molar-refractivity contribution in [3.8, 4) is 0 Å². The molecule has 2 aromatic rings. The van der Waals surface area contributed by atoms with Gasteiger partial charge in [-0.2, -0.15) is 0 Å². The molecule has 0 unspecified atom stereocenters. The number of nitrogens with two attached hydrogens (primary N) is 1. The minimum atomic E-state index is -0.847. The van der Waals surface area contributed by atoms with Crippen LogP contribution in [-0.4, -0.2) is 77.6 Å². The molecule has 0 saturated heterocycles. The lowest BCUT2D eigenvalue weighted by molar-refractivity contribution is -0.151. The fourth-order valence-electron chi connectivity index (χ4n) is 5.78. The van der Waals surface area contributed by atoms with Gasteiger partial charge < -0.3 is 35.3 Å². The van der Waals surface area contributed by atoms with Crippen LogP contribution in [0.3, 0.4) is 0 Å². The minimum absolute atomic E-state index is 0.209. The van der Waals surface area contributed by atoms with Crippen LogP contribution < -0.4 is 16.4 Å². The van der Waals surface area contributed by atoms with Crippen LogP contribution in [0.15, 0.2) is 60.7 Å². The normalized spacial score (nSPS) is 16.6. The van der Waals surface area contributed by atoms with Crippen molar-refractivity contribution in [2.75, 3.05) is 13.2 Å². The molecule has 0 aliphatic heterocycles. The highest BCUT2D eigenvalue weighted by Gasteiger charge is 2.45. The van der Waals surface area contributed by atoms with Gasteiger partial charge in [-0.1, -0.05) is 60.7 Å². The summed E-state index contributed by atoms with van der Waals surface area (Å²) in [6.45, 7) is 16.0. The average Bonchev–Trinajstić information content (AvgIpc) is 3.98. The van der Waals surface area contributed by atoms with Crippen LogP contribution in [0.2, 0.25) is 0 Å². The van der Waals surface area contributed by atoms with E-state index in [1.54, 1.807) is 34.6 Å². The third-order valence-electron chi connectivity index (χ3n) is 8.29. The van der Waals surface area contributed by atoms with Crippen LogP contribution >= 0.6 is 0 Å². The number of hydrogen-bond donors (Lipinski definition) is 3. The zero-order valence-electron chi connectivity index (χ0n) is 32.2. The number of carbonyl (C=O) groups excluding carboxylic acids is 4. The number of rotatable bonds is 15. The first-order valence-electron chi connectivity index (χ1n) is 18.4.